The van der Waals surface area contributed by atoms with Gasteiger partial charge in [0.1, 0.15) is 18.9 Å². The molecule has 1 aromatic carbocycles. The van der Waals surface area contributed by atoms with Crippen LogP contribution in [0.1, 0.15) is 6.42 Å². The molecule has 7 heteroatoms. The molecule has 0 amide bonds. The zero-order valence-corrected chi connectivity index (χ0v) is 14.4. The highest BCUT2D eigenvalue weighted by molar-refractivity contribution is 7.22. The summed E-state index contributed by atoms with van der Waals surface area (Å²) in [5.74, 6) is 0.848. The lowest BCUT2D eigenvalue weighted by Gasteiger charge is -2.23. The Bertz CT molecular complexity index is 831. The number of fused-ring (bicyclic) bond motifs is 1. The third-order valence-electron chi connectivity index (χ3n) is 3.91. The molecule has 24 heavy (non-hydrogen) atoms. The zero-order valence-electron chi connectivity index (χ0n) is 12.9. The fourth-order valence-electron chi connectivity index (χ4n) is 2.61. The van der Waals surface area contributed by atoms with E-state index in [0.717, 1.165) is 44.5 Å². The highest BCUT2D eigenvalue weighted by Gasteiger charge is 2.16. The number of hydrogen-bond donors (Lipinski definition) is 1. The van der Waals surface area contributed by atoms with Gasteiger partial charge in [0.15, 0.2) is 0 Å². The Morgan fingerprint density at radius 3 is 2.92 bits per heavy atom. The van der Waals surface area contributed by atoms with Crippen LogP contribution < -0.4 is 5.32 Å². The predicted molar refractivity (Wildman–Crippen MR) is 96.7 cm³/mol. The molecule has 3 heterocycles. The van der Waals surface area contributed by atoms with E-state index in [4.69, 9.17) is 21.1 Å². The Balaban J connectivity index is 1.58. The van der Waals surface area contributed by atoms with Gasteiger partial charge in [0.2, 0.25) is 0 Å². The van der Waals surface area contributed by atoms with E-state index in [1.54, 1.807) is 17.7 Å². The van der Waals surface area contributed by atoms with Crippen molar-refractivity contribution in [3.63, 3.8) is 0 Å². The predicted octanol–water partition coefficient (Wildman–Crippen LogP) is 4.19. The number of nitrogens with one attached hydrogen (secondary N) is 1. The average Bonchev–Trinajstić information content (AvgIpc) is 3.06. The number of rotatable bonds is 4. The molecule has 1 aliphatic heterocycles. The number of benzene rings is 1. The summed E-state index contributed by atoms with van der Waals surface area (Å²) in [5, 5.41) is 4.12. The van der Waals surface area contributed by atoms with E-state index in [9.17, 15) is 0 Å². The number of anilines is 1. The molecule has 0 spiro atoms. The van der Waals surface area contributed by atoms with E-state index in [1.165, 1.54) is 0 Å². The lowest BCUT2D eigenvalue weighted by Crippen LogP contribution is -2.30. The summed E-state index contributed by atoms with van der Waals surface area (Å²) in [4.78, 5) is 9.92. The van der Waals surface area contributed by atoms with Gasteiger partial charge in [-0.15, -0.1) is 11.3 Å². The van der Waals surface area contributed by atoms with Crippen LogP contribution >= 0.6 is 22.9 Å². The maximum Gasteiger partial charge on any atom is 0.147 e. The van der Waals surface area contributed by atoms with Gasteiger partial charge in [-0.1, -0.05) is 23.7 Å². The van der Waals surface area contributed by atoms with E-state index in [0.29, 0.717) is 13.3 Å². The molecule has 0 bridgehead atoms. The van der Waals surface area contributed by atoms with Crippen molar-refractivity contribution in [2.24, 2.45) is 0 Å². The SMILES string of the molecule is Clc1ccc(-c2cc3ncnc(NC[C@H]4CCOCO4)c3s2)cc1. The van der Waals surface area contributed by atoms with Crippen LogP contribution in [0, 0.1) is 0 Å². The van der Waals surface area contributed by atoms with E-state index >= 15 is 0 Å². The van der Waals surface area contributed by atoms with E-state index < -0.39 is 0 Å². The molecule has 0 saturated carbocycles. The first kappa shape index (κ1) is 15.8. The Kier molecular flexibility index (Phi) is 4.62. The summed E-state index contributed by atoms with van der Waals surface area (Å²) in [6, 6.07) is 9.91. The average molecular weight is 362 g/mol. The molecule has 0 unspecified atom stereocenters. The fourth-order valence-corrected chi connectivity index (χ4v) is 3.82. The summed E-state index contributed by atoms with van der Waals surface area (Å²) in [6.45, 7) is 1.82. The van der Waals surface area contributed by atoms with Gasteiger partial charge in [-0.25, -0.2) is 9.97 Å². The number of nitrogens with zero attached hydrogens (tertiary/aromatic N) is 2. The standard InChI is InChI=1S/C17H16ClN3O2S/c18-12-3-1-11(2-4-12)15-7-14-16(24-15)17(21-9-20-14)19-8-13-5-6-22-10-23-13/h1-4,7,9,13H,5-6,8,10H2,(H,19,20,21)/t13-/m1/s1. The largest absolute Gasteiger partial charge is 0.366 e. The minimum Gasteiger partial charge on any atom is -0.366 e. The van der Waals surface area contributed by atoms with Gasteiger partial charge in [0, 0.05) is 16.4 Å². The number of ether oxygens (including phenoxy) is 2. The quantitative estimate of drug-likeness (QED) is 0.755. The second-order valence-electron chi connectivity index (χ2n) is 5.54. The third-order valence-corrected chi connectivity index (χ3v) is 5.34. The minimum absolute atomic E-state index is 0.152. The Hall–Kier alpha value is -1.73. The van der Waals surface area contributed by atoms with Crippen molar-refractivity contribution in [3.8, 4) is 10.4 Å². The topological polar surface area (TPSA) is 56.3 Å². The van der Waals surface area contributed by atoms with Crippen LogP contribution in [0.15, 0.2) is 36.7 Å². The lowest BCUT2D eigenvalue weighted by molar-refractivity contribution is -0.133. The van der Waals surface area contributed by atoms with Crippen molar-refractivity contribution in [2.45, 2.75) is 12.5 Å². The maximum absolute atomic E-state index is 5.97. The van der Waals surface area contributed by atoms with Crippen LogP contribution in [-0.4, -0.2) is 36.0 Å². The van der Waals surface area contributed by atoms with Crippen molar-refractivity contribution in [1.82, 2.24) is 9.97 Å². The second-order valence-corrected chi connectivity index (χ2v) is 7.03. The van der Waals surface area contributed by atoms with Crippen molar-refractivity contribution < 1.29 is 9.47 Å². The summed E-state index contributed by atoms with van der Waals surface area (Å²) in [6.07, 6.45) is 2.63. The van der Waals surface area contributed by atoms with Crippen LogP contribution in [0.4, 0.5) is 5.82 Å². The molecule has 1 atom stereocenters. The lowest BCUT2D eigenvalue weighted by atomic mass is 10.2. The maximum atomic E-state index is 5.97. The van der Waals surface area contributed by atoms with Crippen LogP contribution in [0.5, 0.6) is 0 Å². The molecule has 1 N–H and O–H groups in total. The zero-order chi connectivity index (χ0) is 16.4. The third kappa shape index (κ3) is 3.37. The van der Waals surface area contributed by atoms with Gasteiger partial charge >= 0.3 is 0 Å². The van der Waals surface area contributed by atoms with Crippen molar-refractivity contribution in [3.05, 3.63) is 41.7 Å². The molecule has 1 aliphatic rings. The van der Waals surface area contributed by atoms with Gasteiger partial charge in [-0.05, 0) is 30.2 Å². The molecule has 3 aromatic rings. The minimum atomic E-state index is 0.152. The van der Waals surface area contributed by atoms with E-state index in [-0.39, 0.29) is 6.10 Å². The van der Waals surface area contributed by atoms with Gasteiger partial charge in [-0.2, -0.15) is 0 Å². The molecule has 5 nitrogen and oxygen atoms in total. The molecule has 124 valence electrons. The first-order valence-electron chi connectivity index (χ1n) is 7.73. The van der Waals surface area contributed by atoms with Gasteiger partial charge in [0.25, 0.3) is 0 Å². The Morgan fingerprint density at radius 2 is 2.12 bits per heavy atom. The van der Waals surface area contributed by atoms with Crippen molar-refractivity contribution >= 4 is 39.0 Å². The summed E-state index contributed by atoms with van der Waals surface area (Å²) in [7, 11) is 0. The summed E-state index contributed by atoms with van der Waals surface area (Å²) < 4.78 is 11.8. The monoisotopic (exact) mass is 361 g/mol. The van der Waals surface area contributed by atoms with Crippen LogP contribution in [-0.2, 0) is 9.47 Å². The molecule has 1 saturated heterocycles. The molecular weight excluding hydrogens is 346 g/mol. The van der Waals surface area contributed by atoms with Gasteiger partial charge in [-0.3, -0.25) is 0 Å². The highest BCUT2D eigenvalue weighted by Crippen LogP contribution is 2.36. The molecule has 2 aromatic heterocycles. The second kappa shape index (κ2) is 7.03. The molecule has 0 radical (unpaired) electrons. The van der Waals surface area contributed by atoms with Crippen LogP contribution in [0.2, 0.25) is 5.02 Å². The summed E-state index contributed by atoms with van der Waals surface area (Å²) in [5.41, 5.74) is 2.07. The smallest absolute Gasteiger partial charge is 0.147 e. The first-order chi connectivity index (χ1) is 11.8. The normalized spacial score (nSPS) is 18.0. The van der Waals surface area contributed by atoms with Crippen LogP contribution in [0.3, 0.4) is 0 Å². The molecule has 1 fully saturated rings. The highest BCUT2D eigenvalue weighted by atomic mass is 35.5. The summed E-state index contributed by atoms with van der Waals surface area (Å²) >= 11 is 7.64. The fraction of sp³-hybridized carbons (Fsp3) is 0.294. The Morgan fingerprint density at radius 1 is 1.25 bits per heavy atom. The van der Waals surface area contributed by atoms with Crippen molar-refractivity contribution in [2.75, 3.05) is 25.3 Å². The van der Waals surface area contributed by atoms with Crippen molar-refractivity contribution in [1.29, 1.82) is 0 Å². The van der Waals surface area contributed by atoms with E-state index in [1.807, 2.05) is 24.3 Å². The first-order valence-corrected chi connectivity index (χ1v) is 8.93. The number of halogens is 1. The Labute approximate surface area is 148 Å². The molecular formula is C17H16ClN3O2S. The number of thiophene rings is 1. The molecule has 4 rings (SSSR count). The van der Waals surface area contributed by atoms with Gasteiger partial charge < -0.3 is 14.8 Å². The number of hydrogen-bond acceptors (Lipinski definition) is 6. The molecule has 0 aliphatic carbocycles. The van der Waals surface area contributed by atoms with Crippen LogP contribution in [0.25, 0.3) is 20.7 Å². The van der Waals surface area contributed by atoms with E-state index in [2.05, 4.69) is 21.4 Å². The number of aromatic nitrogens is 2. The van der Waals surface area contributed by atoms with Gasteiger partial charge in [0.05, 0.1) is 22.9 Å².